The van der Waals surface area contributed by atoms with E-state index < -0.39 is 0 Å². The molecule has 0 spiro atoms. The van der Waals surface area contributed by atoms with Gasteiger partial charge in [0.25, 0.3) is 0 Å². The minimum Gasteiger partial charge on any atom is -0.306 e. The lowest BCUT2D eigenvalue weighted by Gasteiger charge is -2.23. The van der Waals surface area contributed by atoms with Crippen LogP contribution in [0.1, 0.15) is 12.8 Å². The summed E-state index contributed by atoms with van der Waals surface area (Å²) < 4.78 is 0. The molecule has 0 aromatic rings. The van der Waals surface area contributed by atoms with Crippen molar-refractivity contribution in [3.8, 4) is 0 Å². The number of hydrogen-bond acceptors (Lipinski definition) is 3. The fraction of sp³-hybridized carbons (Fsp3) is 0.714. The van der Waals surface area contributed by atoms with Gasteiger partial charge in [-0.15, -0.1) is 0 Å². The van der Waals surface area contributed by atoms with Gasteiger partial charge in [-0.3, -0.25) is 9.59 Å². The van der Waals surface area contributed by atoms with Crippen molar-refractivity contribution in [1.29, 1.82) is 0 Å². The lowest BCUT2D eigenvalue weighted by Crippen LogP contribution is -2.44. The van der Waals surface area contributed by atoms with Gasteiger partial charge in [0.15, 0.2) is 6.29 Å². The zero-order chi connectivity index (χ0) is 8.27. The van der Waals surface area contributed by atoms with Crippen LogP contribution in [0.4, 0.5) is 0 Å². The van der Waals surface area contributed by atoms with Crippen molar-refractivity contribution in [3.63, 3.8) is 0 Å². The second-order valence-corrected chi connectivity index (χ2v) is 3.95. The topological polar surface area (TPSA) is 46.2 Å². The molecule has 0 radical (unpaired) electrons. The quantitative estimate of drug-likeness (QED) is 0.412. The number of ketones is 1. The lowest BCUT2D eigenvalue weighted by molar-refractivity contribution is -0.131. The summed E-state index contributed by atoms with van der Waals surface area (Å²) in [5.74, 6) is -0.329. The van der Waals surface area contributed by atoms with Gasteiger partial charge in [0, 0.05) is 11.4 Å². The summed E-state index contributed by atoms with van der Waals surface area (Å²) in [6, 6.07) is -0.235. The van der Waals surface area contributed by atoms with E-state index in [0.29, 0.717) is 11.1 Å². The van der Waals surface area contributed by atoms with E-state index in [9.17, 15) is 9.59 Å². The highest BCUT2D eigenvalue weighted by Crippen LogP contribution is 2.14. The van der Waals surface area contributed by atoms with Crippen LogP contribution in [0.3, 0.4) is 0 Å². The fourth-order valence-corrected chi connectivity index (χ4v) is 1.60. The maximum absolute atomic E-state index is 10.8. The Labute approximate surface area is 73.7 Å². The van der Waals surface area contributed by atoms with E-state index in [2.05, 4.69) is 21.2 Å². The molecule has 4 heteroatoms. The first-order chi connectivity index (χ1) is 5.24. The third kappa shape index (κ3) is 2.38. The number of piperidine rings is 1. The first-order valence-corrected chi connectivity index (χ1v) is 4.52. The molecule has 1 aliphatic rings. The van der Waals surface area contributed by atoms with Gasteiger partial charge in [0.05, 0.1) is 6.04 Å². The van der Waals surface area contributed by atoms with Crippen LogP contribution in [0.25, 0.3) is 0 Å². The standard InChI is InChI=1S/C7H10BrNO2/c8-5-1-2-6(9-3-5)7(11)4-10/h4-6,9H,1-3H2. The number of carbonyl (C=O) groups excluding carboxylic acids is 2. The average molecular weight is 220 g/mol. The summed E-state index contributed by atoms with van der Waals surface area (Å²) in [5, 5.41) is 2.99. The summed E-state index contributed by atoms with van der Waals surface area (Å²) in [4.78, 5) is 21.4. The lowest BCUT2D eigenvalue weighted by atomic mass is 10.0. The predicted octanol–water partition coefficient (Wildman–Crippen LogP) is 0.270. The average Bonchev–Trinajstić information content (AvgIpc) is 2.05. The van der Waals surface area contributed by atoms with Gasteiger partial charge in [-0.1, -0.05) is 15.9 Å². The molecule has 1 saturated heterocycles. The fourth-order valence-electron chi connectivity index (χ4n) is 1.15. The second-order valence-electron chi connectivity index (χ2n) is 2.66. The van der Waals surface area contributed by atoms with Crippen molar-refractivity contribution >= 4 is 28.0 Å². The Morgan fingerprint density at radius 3 is 2.73 bits per heavy atom. The number of aldehydes is 1. The summed E-state index contributed by atoms with van der Waals surface area (Å²) in [7, 11) is 0. The second kappa shape index (κ2) is 3.97. The molecule has 0 aromatic carbocycles. The van der Waals surface area contributed by atoms with Crippen molar-refractivity contribution in [2.75, 3.05) is 6.54 Å². The molecule has 1 aliphatic heterocycles. The van der Waals surface area contributed by atoms with E-state index in [1.54, 1.807) is 0 Å². The van der Waals surface area contributed by atoms with Crippen molar-refractivity contribution < 1.29 is 9.59 Å². The van der Waals surface area contributed by atoms with Crippen LogP contribution >= 0.6 is 15.9 Å². The van der Waals surface area contributed by atoms with Crippen molar-refractivity contribution in [1.82, 2.24) is 5.32 Å². The van der Waals surface area contributed by atoms with Crippen molar-refractivity contribution in [2.45, 2.75) is 23.7 Å². The number of Topliss-reactive ketones (excluding diaryl/α,β-unsaturated/α-hetero) is 1. The van der Waals surface area contributed by atoms with Gasteiger partial charge in [-0.2, -0.15) is 0 Å². The Hall–Kier alpha value is -0.220. The molecule has 1 N–H and O–H groups in total. The molecule has 3 nitrogen and oxygen atoms in total. The number of halogens is 1. The number of rotatable bonds is 2. The molecule has 2 unspecified atom stereocenters. The number of hydrogen-bond donors (Lipinski definition) is 1. The Bertz CT molecular complexity index is 164. The van der Waals surface area contributed by atoms with Crippen LogP contribution in [0.5, 0.6) is 0 Å². The van der Waals surface area contributed by atoms with Crippen molar-refractivity contribution in [3.05, 3.63) is 0 Å². The number of carbonyl (C=O) groups is 2. The van der Waals surface area contributed by atoms with Gasteiger partial charge in [-0.05, 0) is 12.8 Å². The Morgan fingerprint density at radius 1 is 1.55 bits per heavy atom. The normalized spacial score (nSPS) is 31.4. The smallest absolute Gasteiger partial charge is 0.212 e. The maximum Gasteiger partial charge on any atom is 0.212 e. The monoisotopic (exact) mass is 219 g/mol. The highest BCUT2D eigenvalue weighted by molar-refractivity contribution is 9.09. The van der Waals surface area contributed by atoms with Crippen LogP contribution in [-0.4, -0.2) is 29.5 Å². The minimum absolute atomic E-state index is 0.235. The van der Waals surface area contributed by atoms with Crippen molar-refractivity contribution in [2.24, 2.45) is 0 Å². The van der Waals surface area contributed by atoms with E-state index in [1.165, 1.54) is 0 Å². The largest absolute Gasteiger partial charge is 0.306 e. The van der Waals surface area contributed by atoms with Crippen LogP contribution in [0, 0.1) is 0 Å². The zero-order valence-electron chi connectivity index (χ0n) is 6.05. The van der Waals surface area contributed by atoms with Gasteiger partial charge < -0.3 is 5.32 Å². The minimum atomic E-state index is -0.329. The van der Waals surface area contributed by atoms with Gasteiger partial charge in [-0.25, -0.2) is 0 Å². The van der Waals surface area contributed by atoms with E-state index in [0.717, 1.165) is 19.4 Å². The van der Waals surface area contributed by atoms with E-state index in [-0.39, 0.29) is 11.8 Å². The van der Waals surface area contributed by atoms with E-state index >= 15 is 0 Å². The van der Waals surface area contributed by atoms with Gasteiger partial charge >= 0.3 is 0 Å². The summed E-state index contributed by atoms with van der Waals surface area (Å²) in [5.41, 5.74) is 0. The van der Waals surface area contributed by atoms with Crippen LogP contribution in [0.2, 0.25) is 0 Å². The molecule has 2 atom stereocenters. The Kier molecular flexibility index (Phi) is 3.20. The van der Waals surface area contributed by atoms with Crippen LogP contribution in [0.15, 0.2) is 0 Å². The van der Waals surface area contributed by atoms with Gasteiger partial charge in [0.1, 0.15) is 0 Å². The Balaban J connectivity index is 2.38. The molecule has 0 aromatic heterocycles. The van der Waals surface area contributed by atoms with Crippen LogP contribution < -0.4 is 5.32 Å². The van der Waals surface area contributed by atoms with E-state index in [1.807, 2.05) is 0 Å². The Morgan fingerprint density at radius 2 is 2.27 bits per heavy atom. The zero-order valence-corrected chi connectivity index (χ0v) is 7.63. The number of alkyl halides is 1. The highest BCUT2D eigenvalue weighted by atomic mass is 79.9. The third-order valence-electron chi connectivity index (χ3n) is 1.81. The number of nitrogens with one attached hydrogen (secondary N) is 1. The molecule has 0 saturated carbocycles. The SMILES string of the molecule is O=CC(=O)C1CCC(Br)CN1. The molecular formula is C7H10BrNO2. The van der Waals surface area contributed by atoms with Gasteiger partial charge in [0.2, 0.25) is 5.78 Å². The molecule has 1 rings (SSSR count). The third-order valence-corrected chi connectivity index (χ3v) is 2.60. The molecule has 0 aliphatic carbocycles. The first-order valence-electron chi connectivity index (χ1n) is 3.60. The molecular weight excluding hydrogens is 210 g/mol. The molecule has 1 fully saturated rings. The maximum atomic E-state index is 10.8. The summed E-state index contributed by atoms with van der Waals surface area (Å²) >= 11 is 3.42. The summed E-state index contributed by atoms with van der Waals surface area (Å²) in [6.07, 6.45) is 2.11. The van der Waals surface area contributed by atoms with E-state index in [4.69, 9.17) is 0 Å². The van der Waals surface area contributed by atoms with Crippen LogP contribution in [-0.2, 0) is 9.59 Å². The molecule has 0 amide bonds. The summed E-state index contributed by atoms with van der Waals surface area (Å²) in [6.45, 7) is 0.768. The predicted molar refractivity (Wildman–Crippen MR) is 44.8 cm³/mol. The molecule has 11 heavy (non-hydrogen) atoms. The molecule has 62 valence electrons. The first kappa shape index (κ1) is 8.87. The highest BCUT2D eigenvalue weighted by Gasteiger charge is 2.23. The molecule has 0 bridgehead atoms. The molecule has 1 heterocycles.